The number of amides is 1. The Balaban J connectivity index is 1.82. The first-order valence-electron chi connectivity index (χ1n) is 6.05. The second-order valence-electron chi connectivity index (χ2n) is 4.43. The zero-order chi connectivity index (χ0) is 12.1. The van der Waals surface area contributed by atoms with Gasteiger partial charge in [-0.25, -0.2) is 0 Å². The third kappa shape index (κ3) is 3.75. The Labute approximate surface area is 101 Å². The lowest BCUT2D eigenvalue weighted by Gasteiger charge is -2.25. The van der Waals surface area contributed by atoms with E-state index in [0.29, 0.717) is 6.54 Å². The molecule has 17 heavy (non-hydrogen) atoms. The number of benzene rings is 1. The average molecular weight is 234 g/mol. The summed E-state index contributed by atoms with van der Waals surface area (Å²) in [5.41, 5.74) is 0.727. The van der Waals surface area contributed by atoms with Gasteiger partial charge in [0.15, 0.2) is 0 Å². The summed E-state index contributed by atoms with van der Waals surface area (Å²) in [5.74, 6) is 0.219. The van der Waals surface area contributed by atoms with Crippen LogP contribution in [0.2, 0.25) is 0 Å². The van der Waals surface area contributed by atoms with Gasteiger partial charge >= 0.3 is 0 Å². The first-order valence-corrected chi connectivity index (χ1v) is 6.05. The van der Waals surface area contributed by atoms with Gasteiger partial charge in [0.25, 0.3) is 0 Å². The molecule has 1 aliphatic heterocycles. The summed E-state index contributed by atoms with van der Waals surface area (Å²) in [6.07, 6.45) is 3.65. The number of aromatic hydroxyl groups is 1. The molecule has 1 fully saturated rings. The number of piperidine rings is 1. The van der Waals surface area contributed by atoms with E-state index in [1.54, 1.807) is 24.3 Å². The number of rotatable bonds is 3. The van der Waals surface area contributed by atoms with Gasteiger partial charge < -0.3 is 10.4 Å². The number of nitrogens with one attached hydrogen (secondary N) is 1. The molecule has 4 nitrogen and oxygen atoms in total. The van der Waals surface area contributed by atoms with Gasteiger partial charge in [0, 0.05) is 5.69 Å². The van der Waals surface area contributed by atoms with E-state index < -0.39 is 0 Å². The topological polar surface area (TPSA) is 52.6 Å². The van der Waals surface area contributed by atoms with Crippen molar-refractivity contribution in [2.24, 2.45) is 0 Å². The number of carbonyl (C=O) groups excluding carboxylic acids is 1. The minimum atomic E-state index is 0.0117. The van der Waals surface area contributed by atoms with E-state index in [1.165, 1.54) is 19.3 Å². The first-order chi connectivity index (χ1) is 8.24. The van der Waals surface area contributed by atoms with E-state index in [1.807, 2.05) is 0 Å². The highest BCUT2D eigenvalue weighted by Gasteiger charge is 2.13. The molecular formula is C13H18N2O2. The molecule has 0 atom stereocenters. The van der Waals surface area contributed by atoms with Gasteiger partial charge in [0.2, 0.25) is 5.91 Å². The predicted octanol–water partition coefficient (Wildman–Crippen LogP) is 1.82. The molecule has 1 aromatic rings. The van der Waals surface area contributed by atoms with Crippen molar-refractivity contribution >= 4 is 11.6 Å². The van der Waals surface area contributed by atoms with Gasteiger partial charge in [-0.15, -0.1) is 0 Å². The molecule has 0 aromatic heterocycles. The van der Waals surface area contributed by atoms with E-state index in [9.17, 15) is 4.79 Å². The molecule has 1 aromatic carbocycles. The van der Waals surface area contributed by atoms with Crippen LogP contribution in [0, 0.1) is 0 Å². The molecule has 1 heterocycles. The van der Waals surface area contributed by atoms with Crippen LogP contribution in [0.15, 0.2) is 24.3 Å². The van der Waals surface area contributed by atoms with Crippen molar-refractivity contribution < 1.29 is 9.90 Å². The summed E-state index contributed by atoms with van der Waals surface area (Å²) in [4.78, 5) is 13.9. The zero-order valence-electron chi connectivity index (χ0n) is 9.85. The molecule has 0 unspecified atom stereocenters. The van der Waals surface area contributed by atoms with Crippen molar-refractivity contribution in [3.63, 3.8) is 0 Å². The molecule has 1 saturated heterocycles. The summed E-state index contributed by atoms with van der Waals surface area (Å²) in [7, 11) is 0. The second kappa shape index (κ2) is 5.68. The van der Waals surface area contributed by atoms with Gasteiger partial charge in [-0.3, -0.25) is 9.69 Å². The fraction of sp³-hybridized carbons (Fsp3) is 0.462. The van der Waals surface area contributed by atoms with Crippen LogP contribution < -0.4 is 5.32 Å². The third-order valence-electron chi connectivity index (χ3n) is 2.97. The summed E-state index contributed by atoms with van der Waals surface area (Å²) >= 11 is 0. The highest BCUT2D eigenvalue weighted by Crippen LogP contribution is 2.14. The summed E-state index contributed by atoms with van der Waals surface area (Å²) in [6, 6.07) is 6.53. The van der Waals surface area contributed by atoms with E-state index >= 15 is 0 Å². The number of anilines is 1. The molecule has 0 aliphatic carbocycles. The van der Waals surface area contributed by atoms with Gasteiger partial charge in [0.1, 0.15) is 5.75 Å². The highest BCUT2D eigenvalue weighted by atomic mass is 16.3. The minimum Gasteiger partial charge on any atom is -0.508 e. The number of nitrogens with zero attached hydrogens (tertiary/aromatic N) is 1. The number of phenolic OH excluding ortho intramolecular Hbond substituents is 1. The predicted molar refractivity (Wildman–Crippen MR) is 67.0 cm³/mol. The normalized spacial score (nSPS) is 16.7. The van der Waals surface area contributed by atoms with Crippen molar-refractivity contribution in [2.75, 3.05) is 25.0 Å². The van der Waals surface area contributed by atoms with Gasteiger partial charge in [-0.1, -0.05) is 6.42 Å². The van der Waals surface area contributed by atoms with Crippen LogP contribution >= 0.6 is 0 Å². The number of hydrogen-bond acceptors (Lipinski definition) is 3. The van der Waals surface area contributed by atoms with Gasteiger partial charge in [-0.2, -0.15) is 0 Å². The molecule has 0 bridgehead atoms. The van der Waals surface area contributed by atoms with Crippen LogP contribution in [0.5, 0.6) is 5.75 Å². The quantitative estimate of drug-likeness (QED) is 0.784. The molecule has 1 aliphatic rings. The molecule has 1 amide bonds. The van der Waals surface area contributed by atoms with Crippen molar-refractivity contribution in [3.05, 3.63) is 24.3 Å². The van der Waals surface area contributed by atoms with Crippen LogP contribution in [-0.4, -0.2) is 35.5 Å². The zero-order valence-corrected chi connectivity index (χ0v) is 9.85. The maximum Gasteiger partial charge on any atom is 0.238 e. The van der Waals surface area contributed by atoms with E-state index in [4.69, 9.17) is 5.11 Å². The van der Waals surface area contributed by atoms with Crippen molar-refractivity contribution in [1.82, 2.24) is 4.90 Å². The molecule has 2 N–H and O–H groups in total. The molecule has 0 saturated carbocycles. The third-order valence-corrected chi connectivity index (χ3v) is 2.97. The molecular weight excluding hydrogens is 216 g/mol. The monoisotopic (exact) mass is 234 g/mol. The van der Waals surface area contributed by atoms with Gasteiger partial charge in [-0.05, 0) is 50.2 Å². The van der Waals surface area contributed by atoms with E-state index in [2.05, 4.69) is 10.2 Å². The first kappa shape index (κ1) is 11.9. The maximum absolute atomic E-state index is 11.8. The summed E-state index contributed by atoms with van der Waals surface area (Å²) in [5, 5.41) is 12.0. The lowest BCUT2D eigenvalue weighted by Crippen LogP contribution is -2.36. The van der Waals surface area contributed by atoms with Crippen LogP contribution in [0.4, 0.5) is 5.69 Å². The molecule has 92 valence electrons. The highest BCUT2D eigenvalue weighted by molar-refractivity contribution is 5.92. The fourth-order valence-corrected chi connectivity index (χ4v) is 2.07. The van der Waals surface area contributed by atoms with Crippen molar-refractivity contribution in [1.29, 1.82) is 0 Å². The number of phenols is 1. The van der Waals surface area contributed by atoms with Gasteiger partial charge in [0.05, 0.1) is 6.54 Å². The second-order valence-corrected chi connectivity index (χ2v) is 4.43. The number of hydrogen-bond donors (Lipinski definition) is 2. The Bertz CT molecular complexity index is 370. The van der Waals surface area contributed by atoms with Crippen LogP contribution in [-0.2, 0) is 4.79 Å². The lowest BCUT2D eigenvalue weighted by atomic mass is 10.1. The van der Waals surface area contributed by atoms with Crippen molar-refractivity contribution in [3.8, 4) is 5.75 Å². The number of likely N-dealkylation sites (tertiary alicyclic amines) is 1. The maximum atomic E-state index is 11.8. The standard InChI is InChI=1S/C13H18N2O2/c16-12-6-4-11(5-7-12)14-13(17)10-15-8-2-1-3-9-15/h4-7,16H,1-3,8-10H2,(H,14,17). The Hall–Kier alpha value is -1.55. The molecule has 4 heteroatoms. The Morgan fingerprint density at radius 2 is 1.82 bits per heavy atom. The van der Waals surface area contributed by atoms with Crippen LogP contribution in [0.3, 0.4) is 0 Å². The lowest BCUT2D eigenvalue weighted by molar-refractivity contribution is -0.117. The molecule has 2 rings (SSSR count). The van der Waals surface area contributed by atoms with E-state index in [0.717, 1.165) is 18.8 Å². The van der Waals surface area contributed by atoms with Crippen LogP contribution in [0.1, 0.15) is 19.3 Å². The van der Waals surface area contributed by atoms with E-state index in [-0.39, 0.29) is 11.7 Å². The smallest absolute Gasteiger partial charge is 0.238 e. The average Bonchev–Trinajstić information content (AvgIpc) is 2.33. The SMILES string of the molecule is O=C(CN1CCCCC1)Nc1ccc(O)cc1. The Morgan fingerprint density at radius 1 is 1.18 bits per heavy atom. The number of carbonyl (C=O) groups is 1. The molecule has 0 spiro atoms. The minimum absolute atomic E-state index is 0.0117. The Kier molecular flexibility index (Phi) is 3.98. The Morgan fingerprint density at radius 3 is 2.47 bits per heavy atom. The van der Waals surface area contributed by atoms with Crippen molar-refractivity contribution in [2.45, 2.75) is 19.3 Å². The fourth-order valence-electron chi connectivity index (χ4n) is 2.07. The summed E-state index contributed by atoms with van der Waals surface area (Å²) < 4.78 is 0. The van der Waals surface area contributed by atoms with Crippen LogP contribution in [0.25, 0.3) is 0 Å². The molecule has 0 radical (unpaired) electrons. The largest absolute Gasteiger partial charge is 0.508 e. The summed E-state index contributed by atoms with van der Waals surface area (Å²) in [6.45, 7) is 2.49.